The van der Waals surface area contributed by atoms with Crippen molar-refractivity contribution in [1.82, 2.24) is 19.4 Å². The smallest absolute Gasteiger partial charge is 0.271 e. The summed E-state index contributed by atoms with van der Waals surface area (Å²) in [6.45, 7) is 6.81. The zero-order valence-electron chi connectivity index (χ0n) is 22.6. The second-order valence-corrected chi connectivity index (χ2v) is 11.9. The van der Waals surface area contributed by atoms with Gasteiger partial charge in [0.2, 0.25) is 0 Å². The topological polar surface area (TPSA) is 96.5 Å². The van der Waals surface area contributed by atoms with Gasteiger partial charge in [0.15, 0.2) is 15.1 Å². The molecule has 2 aromatic carbocycles. The number of furan rings is 1. The number of allylic oxidation sites excluding steroid dienone is 1. The fraction of sp³-hybridized carbons (Fsp3) is 0.200. The number of rotatable bonds is 7. The van der Waals surface area contributed by atoms with Crippen LogP contribution in [0.15, 0.2) is 96.4 Å². The molecule has 1 aliphatic heterocycles. The summed E-state index contributed by atoms with van der Waals surface area (Å²) in [6.07, 6.45) is 1.72. The van der Waals surface area contributed by atoms with Crippen LogP contribution in [0.4, 0.5) is 0 Å². The maximum absolute atomic E-state index is 13.9. The number of thiazole rings is 1. The average molecular weight is 604 g/mol. The number of benzene rings is 2. The number of likely N-dealkylation sites (N-methyl/N-ethyl adjacent to an activating group) is 1. The van der Waals surface area contributed by atoms with Gasteiger partial charge in [-0.05, 0) is 74.5 Å². The number of nitrogens with one attached hydrogen (secondary N) is 1. The second-order valence-electron chi connectivity index (χ2n) is 9.43. The molecule has 0 radical (unpaired) electrons. The lowest BCUT2D eigenvalue weighted by molar-refractivity contribution is -0.127. The number of amides is 1. The lowest BCUT2D eigenvalue weighted by Crippen LogP contribution is -2.43. The zero-order valence-corrected chi connectivity index (χ0v) is 24.9. The second kappa shape index (κ2) is 11.2. The van der Waals surface area contributed by atoms with Crippen LogP contribution in [0.2, 0.25) is 5.02 Å². The quantitative estimate of drug-likeness (QED) is 0.270. The minimum Gasteiger partial charge on any atom is -0.450 e. The molecule has 208 valence electrons. The Morgan fingerprint density at radius 1 is 1.15 bits per heavy atom. The Morgan fingerprint density at radius 2 is 1.90 bits per heavy atom. The number of aromatic nitrogens is 3. The molecule has 3 aromatic heterocycles. The van der Waals surface area contributed by atoms with Crippen molar-refractivity contribution in [2.45, 2.75) is 37.1 Å². The molecule has 0 unspecified atom stereocenters. The maximum atomic E-state index is 13.9. The van der Waals surface area contributed by atoms with E-state index in [1.54, 1.807) is 27.7 Å². The van der Waals surface area contributed by atoms with Crippen LogP contribution in [-0.2, 0) is 4.79 Å². The molecule has 0 bridgehead atoms. The van der Waals surface area contributed by atoms with Gasteiger partial charge in [0.05, 0.1) is 32.9 Å². The zero-order chi connectivity index (χ0) is 28.7. The van der Waals surface area contributed by atoms with Crippen molar-refractivity contribution in [3.8, 4) is 0 Å². The fourth-order valence-electron chi connectivity index (χ4n) is 4.91. The van der Waals surface area contributed by atoms with Crippen molar-refractivity contribution in [3.05, 3.63) is 108 Å². The molecule has 0 aliphatic carbocycles. The standard InChI is InChI=1S/C30H26ClN5O3S2/c1-4-35(5-2)28(38)25-17(3)32-30-36(26(25)18-10-12-19(31)13-11-18)27(37)23(40-30)16-20-14-15-24(39-20)41-29-33-21-8-6-7-9-22(21)34-29/h6-16,26H,4-5H2,1-3H3,(H,33,34)/b23-16+/t26-/m0/s1. The van der Waals surface area contributed by atoms with Gasteiger partial charge in [-0.2, -0.15) is 0 Å². The molecule has 5 aromatic rings. The minimum absolute atomic E-state index is 0.135. The van der Waals surface area contributed by atoms with E-state index in [1.807, 2.05) is 69.3 Å². The van der Waals surface area contributed by atoms with Gasteiger partial charge in [-0.1, -0.05) is 47.2 Å². The van der Waals surface area contributed by atoms with Crippen LogP contribution < -0.4 is 14.9 Å². The maximum Gasteiger partial charge on any atom is 0.271 e. The molecule has 1 amide bonds. The summed E-state index contributed by atoms with van der Waals surface area (Å²) in [5.41, 5.74) is 3.46. The largest absolute Gasteiger partial charge is 0.450 e. The van der Waals surface area contributed by atoms with Gasteiger partial charge in [0.1, 0.15) is 5.76 Å². The first-order valence-corrected chi connectivity index (χ1v) is 15.2. The van der Waals surface area contributed by atoms with Crippen LogP contribution in [0.5, 0.6) is 0 Å². The highest BCUT2D eigenvalue weighted by Gasteiger charge is 2.34. The summed E-state index contributed by atoms with van der Waals surface area (Å²) in [5.74, 6) is 0.399. The SMILES string of the molecule is CCN(CC)C(=O)C1=C(C)N=c2s/c(=C/c3ccc(Sc4nc5ccccc5[nH]4)o3)c(=O)n2[C@H]1c1ccc(Cl)cc1. The number of aromatic amines is 1. The Balaban J connectivity index is 1.40. The minimum atomic E-state index is -0.630. The molecule has 4 heterocycles. The highest BCUT2D eigenvalue weighted by molar-refractivity contribution is 7.99. The third-order valence-electron chi connectivity index (χ3n) is 6.93. The van der Waals surface area contributed by atoms with E-state index in [2.05, 4.69) is 9.97 Å². The van der Waals surface area contributed by atoms with Gasteiger partial charge in [-0.25, -0.2) is 9.98 Å². The van der Waals surface area contributed by atoms with Gasteiger partial charge < -0.3 is 14.3 Å². The Labute approximate surface area is 248 Å². The summed E-state index contributed by atoms with van der Waals surface area (Å²) in [5, 5.41) is 1.94. The van der Waals surface area contributed by atoms with Gasteiger partial charge in [0, 0.05) is 24.2 Å². The third kappa shape index (κ3) is 5.18. The van der Waals surface area contributed by atoms with Gasteiger partial charge in [-0.15, -0.1) is 0 Å². The number of H-pyrrole nitrogens is 1. The number of fused-ring (bicyclic) bond motifs is 2. The molecule has 8 nitrogen and oxygen atoms in total. The van der Waals surface area contributed by atoms with Crippen molar-refractivity contribution in [2.24, 2.45) is 4.99 Å². The number of nitrogens with zero attached hydrogens (tertiary/aromatic N) is 4. The summed E-state index contributed by atoms with van der Waals surface area (Å²) >= 11 is 8.82. The predicted octanol–water partition coefficient (Wildman–Crippen LogP) is 5.38. The molecule has 1 aliphatic rings. The average Bonchev–Trinajstić information content (AvgIpc) is 3.66. The molecule has 0 saturated carbocycles. The first-order valence-electron chi connectivity index (χ1n) is 13.2. The number of imidazole rings is 1. The molecular formula is C30H26ClN5O3S2. The Hall–Kier alpha value is -3.86. The summed E-state index contributed by atoms with van der Waals surface area (Å²) in [7, 11) is 0. The molecule has 6 rings (SSSR count). The van der Waals surface area contributed by atoms with E-state index in [-0.39, 0.29) is 11.5 Å². The number of para-hydroxylation sites is 2. The van der Waals surface area contributed by atoms with E-state index < -0.39 is 6.04 Å². The summed E-state index contributed by atoms with van der Waals surface area (Å²) < 4.78 is 8.10. The highest BCUT2D eigenvalue weighted by Crippen LogP contribution is 2.32. The Kier molecular flexibility index (Phi) is 7.46. The predicted molar refractivity (Wildman–Crippen MR) is 162 cm³/mol. The Morgan fingerprint density at radius 3 is 2.63 bits per heavy atom. The van der Waals surface area contributed by atoms with Crippen LogP contribution in [0.3, 0.4) is 0 Å². The summed E-state index contributed by atoms with van der Waals surface area (Å²) in [4.78, 5) is 42.4. The van der Waals surface area contributed by atoms with E-state index in [0.717, 1.165) is 21.8 Å². The van der Waals surface area contributed by atoms with E-state index in [4.69, 9.17) is 21.0 Å². The first-order chi connectivity index (χ1) is 19.9. The van der Waals surface area contributed by atoms with E-state index in [9.17, 15) is 9.59 Å². The van der Waals surface area contributed by atoms with Crippen LogP contribution in [0.1, 0.15) is 38.1 Å². The monoisotopic (exact) mass is 603 g/mol. The van der Waals surface area contributed by atoms with Crippen molar-refractivity contribution < 1.29 is 9.21 Å². The lowest BCUT2D eigenvalue weighted by Gasteiger charge is -2.29. The fourth-order valence-corrected chi connectivity index (χ4v) is 6.83. The number of hydrogen-bond acceptors (Lipinski definition) is 7. The van der Waals surface area contributed by atoms with Crippen LogP contribution in [-0.4, -0.2) is 38.4 Å². The number of carbonyl (C=O) groups is 1. The molecule has 41 heavy (non-hydrogen) atoms. The van der Waals surface area contributed by atoms with E-state index in [0.29, 0.717) is 49.6 Å². The summed E-state index contributed by atoms with van der Waals surface area (Å²) in [6, 6.07) is 18.1. The van der Waals surface area contributed by atoms with Gasteiger partial charge in [0.25, 0.3) is 11.5 Å². The van der Waals surface area contributed by atoms with Gasteiger partial charge >= 0.3 is 0 Å². The van der Waals surface area contributed by atoms with Gasteiger partial charge in [-0.3, -0.25) is 14.2 Å². The third-order valence-corrected chi connectivity index (χ3v) is 8.97. The lowest BCUT2D eigenvalue weighted by atomic mass is 9.94. The molecule has 1 N–H and O–H groups in total. The number of hydrogen-bond donors (Lipinski definition) is 1. The molecule has 11 heteroatoms. The van der Waals surface area contributed by atoms with Crippen molar-refractivity contribution in [3.63, 3.8) is 0 Å². The molecular weight excluding hydrogens is 578 g/mol. The van der Waals surface area contributed by atoms with Crippen LogP contribution in [0.25, 0.3) is 17.1 Å². The molecule has 1 atom stereocenters. The van der Waals surface area contributed by atoms with Crippen LogP contribution in [0, 0.1) is 0 Å². The number of carbonyl (C=O) groups excluding carboxylic acids is 1. The van der Waals surface area contributed by atoms with E-state index in [1.165, 1.54) is 23.1 Å². The van der Waals surface area contributed by atoms with Crippen LogP contribution >= 0.6 is 34.7 Å². The molecule has 0 saturated heterocycles. The van der Waals surface area contributed by atoms with Crippen molar-refractivity contribution in [2.75, 3.05) is 13.1 Å². The highest BCUT2D eigenvalue weighted by atomic mass is 35.5. The van der Waals surface area contributed by atoms with Crippen molar-refractivity contribution in [1.29, 1.82) is 0 Å². The molecule has 0 fully saturated rings. The normalized spacial score (nSPS) is 15.3. The first kappa shape index (κ1) is 27.3. The van der Waals surface area contributed by atoms with E-state index >= 15 is 0 Å². The Bertz CT molecular complexity index is 1950. The molecule has 0 spiro atoms. The number of halogens is 1. The van der Waals surface area contributed by atoms with Crippen molar-refractivity contribution >= 4 is 57.7 Å².